The van der Waals surface area contributed by atoms with Crippen LogP contribution in [0.15, 0.2) is 16.6 Å². The normalized spacial score (nSPS) is 21.8. The molecule has 12 heavy (non-hydrogen) atoms. The Hall–Kier alpha value is 0.650. The van der Waals surface area contributed by atoms with Gasteiger partial charge in [-0.25, -0.2) is 0 Å². The van der Waals surface area contributed by atoms with Gasteiger partial charge in [-0.05, 0) is 0 Å². The Bertz CT molecular complexity index is 325. The quantitative estimate of drug-likeness (QED) is 0.385. The molecule has 4 heteroatoms. The molecule has 0 N–H and O–H groups in total. The average Bonchev–Trinajstić information content (AvgIpc) is 2.79. The van der Waals surface area contributed by atoms with Gasteiger partial charge in [-0.1, -0.05) is 0 Å². The second kappa shape index (κ2) is 3.42. The van der Waals surface area contributed by atoms with Crippen molar-refractivity contribution in [3.05, 3.63) is 33.0 Å². The second-order valence-electron chi connectivity index (χ2n) is 2.57. The standard InChI is InChI=1S/C8H5BrClFI/c9-8-5(7-3-12-7)1-4(11)2-6(8)10/h1-2,7H,3H2/q-1. The minimum absolute atomic E-state index is 0.228. The van der Waals surface area contributed by atoms with Crippen molar-refractivity contribution >= 4 is 27.5 Å². The molecule has 1 aliphatic heterocycles. The zero-order chi connectivity index (χ0) is 8.72. The molecular weight excluding hydrogens is 357 g/mol. The van der Waals surface area contributed by atoms with Crippen molar-refractivity contribution in [1.29, 1.82) is 0 Å². The van der Waals surface area contributed by atoms with Gasteiger partial charge in [0.05, 0.1) is 0 Å². The molecule has 1 aromatic carbocycles. The molecule has 0 aromatic heterocycles. The summed E-state index contributed by atoms with van der Waals surface area (Å²) < 4.78 is 15.7. The average molecular weight is 362 g/mol. The summed E-state index contributed by atoms with van der Waals surface area (Å²) in [4.78, 5) is 0. The summed E-state index contributed by atoms with van der Waals surface area (Å²) in [5, 5.41) is 0.487. The molecule has 1 heterocycles. The fraction of sp³-hybridized carbons (Fsp3) is 0.250. The van der Waals surface area contributed by atoms with Crippen LogP contribution in [0.3, 0.4) is 0 Å². The van der Waals surface area contributed by atoms with E-state index in [1.54, 1.807) is 6.07 Å². The van der Waals surface area contributed by atoms with Crippen molar-refractivity contribution in [3.8, 4) is 0 Å². The summed E-state index contributed by atoms with van der Waals surface area (Å²) in [6.07, 6.45) is 0. The molecular formula is C8H5BrClFI-. The van der Waals surface area contributed by atoms with Crippen LogP contribution in [-0.2, 0) is 0 Å². The van der Waals surface area contributed by atoms with E-state index in [9.17, 15) is 4.39 Å². The fourth-order valence-corrected chi connectivity index (χ4v) is 3.86. The first kappa shape index (κ1) is 9.21. The summed E-state index contributed by atoms with van der Waals surface area (Å²) in [5.41, 5.74) is 1.06. The Kier molecular flexibility index (Phi) is 2.63. The number of benzene rings is 1. The van der Waals surface area contributed by atoms with Gasteiger partial charge >= 0.3 is 94.5 Å². The van der Waals surface area contributed by atoms with Crippen LogP contribution in [0.4, 0.5) is 4.39 Å². The van der Waals surface area contributed by atoms with Crippen LogP contribution in [-0.4, -0.2) is 4.43 Å². The van der Waals surface area contributed by atoms with Gasteiger partial charge < -0.3 is 0 Å². The Labute approximate surface area is 93.9 Å². The summed E-state index contributed by atoms with van der Waals surface area (Å²) >= 11 is 9.49. The van der Waals surface area contributed by atoms with Crippen molar-refractivity contribution in [2.45, 2.75) is 3.92 Å². The minimum atomic E-state index is -0.228. The molecule has 2 rings (SSSR count). The number of rotatable bonds is 1. The monoisotopic (exact) mass is 361 g/mol. The first-order valence-corrected chi connectivity index (χ1v) is 7.35. The number of hydrogen-bond donors (Lipinski definition) is 0. The molecule has 1 aliphatic rings. The Morgan fingerprint density at radius 1 is 1.58 bits per heavy atom. The van der Waals surface area contributed by atoms with E-state index in [0.717, 1.165) is 10.0 Å². The van der Waals surface area contributed by atoms with Gasteiger partial charge in [0, 0.05) is 0 Å². The van der Waals surface area contributed by atoms with Gasteiger partial charge in [-0.15, -0.1) is 0 Å². The van der Waals surface area contributed by atoms with Gasteiger partial charge in [-0.2, -0.15) is 0 Å². The van der Waals surface area contributed by atoms with Gasteiger partial charge in [-0.3, -0.25) is 0 Å². The Balaban J connectivity index is 2.51. The number of halogens is 4. The van der Waals surface area contributed by atoms with E-state index in [4.69, 9.17) is 11.6 Å². The van der Waals surface area contributed by atoms with Crippen LogP contribution in [0.5, 0.6) is 0 Å². The second-order valence-corrected chi connectivity index (χ2v) is 7.03. The van der Waals surface area contributed by atoms with E-state index in [1.807, 2.05) is 0 Å². The Morgan fingerprint density at radius 2 is 2.25 bits per heavy atom. The zero-order valence-electron chi connectivity index (χ0n) is 5.95. The Morgan fingerprint density at radius 3 is 2.83 bits per heavy atom. The summed E-state index contributed by atoms with van der Waals surface area (Å²) in [7, 11) is 0. The van der Waals surface area contributed by atoms with Crippen LogP contribution >= 0.6 is 27.5 Å². The summed E-state index contributed by atoms with van der Waals surface area (Å²) in [6, 6.07) is 2.93. The van der Waals surface area contributed by atoms with Gasteiger partial charge in [0.25, 0.3) is 0 Å². The van der Waals surface area contributed by atoms with Gasteiger partial charge in [0.15, 0.2) is 0 Å². The molecule has 0 radical (unpaired) electrons. The third-order valence-corrected chi connectivity index (χ3v) is 5.51. The zero-order valence-corrected chi connectivity index (χ0v) is 10.5. The molecule has 1 unspecified atom stereocenters. The third kappa shape index (κ3) is 1.77. The predicted molar refractivity (Wildman–Crippen MR) is 46.7 cm³/mol. The van der Waals surface area contributed by atoms with E-state index in [-0.39, 0.29) is 5.82 Å². The molecule has 0 aliphatic carbocycles. The molecule has 66 valence electrons. The maximum absolute atomic E-state index is 12.9. The van der Waals surface area contributed by atoms with Gasteiger partial charge in [0.1, 0.15) is 0 Å². The van der Waals surface area contributed by atoms with E-state index < -0.39 is 0 Å². The first-order chi connectivity index (χ1) is 5.68. The molecule has 1 atom stereocenters. The molecule has 0 bridgehead atoms. The molecule has 0 saturated carbocycles. The molecule has 0 nitrogen and oxygen atoms in total. The van der Waals surface area contributed by atoms with Crippen LogP contribution in [0, 0.1) is 5.82 Å². The summed E-state index contributed by atoms with van der Waals surface area (Å²) in [5.74, 6) is -0.228. The van der Waals surface area contributed by atoms with Crippen LogP contribution in [0.1, 0.15) is 9.49 Å². The summed E-state index contributed by atoms with van der Waals surface area (Å²) in [6.45, 7) is 0. The van der Waals surface area contributed by atoms with Crippen LogP contribution in [0.2, 0.25) is 5.02 Å². The molecule has 1 aromatic rings. The molecule has 1 fully saturated rings. The van der Waals surface area contributed by atoms with Crippen molar-refractivity contribution in [2.75, 3.05) is 4.43 Å². The number of hydrogen-bond acceptors (Lipinski definition) is 0. The maximum atomic E-state index is 12.9. The van der Waals surface area contributed by atoms with Crippen LogP contribution in [0.25, 0.3) is 0 Å². The van der Waals surface area contributed by atoms with E-state index in [0.29, 0.717) is 30.2 Å². The van der Waals surface area contributed by atoms with Crippen molar-refractivity contribution in [3.63, 3.8) is 0 Å². The van der Waals surface area contributed by atoms with Crippen molar-refractivity contribution < 1.29 is 25.6 Å². The van der Waals surface area contributed by atoms with Crippen molar-refractivity contribution in [1.82, 2.24) is 0 Å². The predicted octanol–water partition coefficient (Wildman–Crippen LogP) is 0.385. The third-order valence-electron chi connectivity index (χ3n) is 1.67. The van der Waals surface area contributed by atoms with E-state index in [2.05, 4.69) is 15.9 Å². The molecule has 0 spiro atoms. The van der Waals surface area contributed by atoms with Crippen molar-refractivity contribution in [2.24, 2.45) is 0 Å². The topological polar surface area (TPSA) is 0 Å². The van der Waals surface area contributed by atoms with Crippen LogP contribution < -0.4 is 21.2 Å². The SMILES string of the molecule is Fc1cc(Cl)c(Br)c(C2C[I-]2)c1. The first-order valence-electron chi connectivity index (χ1n) is 3.40. The fourth-order valence-electron chi connectivity index (χ4n) is 1.01. The molecule has 0 amide bonds. The van der Waals surface area contributed by atoms with Gasteiger partial charge in [0.2, 0.25) is 0 Å². The number of alkyl halides is 2. The van der Waals surface area contributed by atoms with E-state index >= 15 is 0 Å². The molecule has 1 saturated heterocycles. The van der Waals surface area contributed by atoms with E-state index in [1.165, 1.54) is 10.5 Å².